The standard InChI is InChI=1S/C22H27FN4O2/c1-6-7-18(27-15(3)28-4)13-26-22(24)19-10-16(11-21(29-5)14(19)2)20-9-8-17(23)12-25-20/h7-12H,6,13H2,1-5H3,(H2,24,26)/b18-7+,27-15-. The number of halogens is 1. The van der Waals surface area contributed by atoms with E-state index in [1.54, 1.807) is 27.2 Å². The molecule has 154 valence electrons. The van der Waals surface area contributed by atoms with E-state index < -0.39 is 5.82 Å². The van der Waals surface area contributed by atoms with Crippen molar-refractivity contribution in [2.24, 2.45) is 4.99 Å². The Morgan fingerprint density at radius 3 is 2.66 bits per heavy atom. The highest BCUT2D eigenvalue weighted by Crippen LogP contribution is 2.29. The number of methoxy groups -OCH3 is 2. The number of aromatic nitrogens is 1. The second-order valence-electron chi connectivity index (χ2n) is 6.38. The molecule has 1 aromatic heterocycles. The second-order valence-corrected chi connectivity index (χ2v) is 6.38. The Labute approximate surface area is 171 Å². The van der Waals surface area contributed by atoms with Crippen molar-refractivity contribution < 1.29 is 13.9 Å². The van der Waals surface area contributed by atoms with Gasteiger partial charge < -0.3 is 14.8 Å². The van der Waals surface area contributed by atoms with Crippen molar-refractivity contribution in [3.05, 3.63) is 59.2 Å². The predicted octanol–water partition coefficient (Wildman–Crippen LogP) is 4.48. The van der Waals surface area contributed by atoms with Gasteiger partial charge in [-0.15, -0.1) is 0 Å². The molecule has 0 aliphatic heterocycles. The van der Waals surface area contributed by atoms with Gasteiger partial charge in [0.1, 0.15) is 17.4 Å². The van der Waals surface area contributed by atoms with Crippen LogP contribution in [-0.2, 0) is 4.74 Å². The summed E-state index contributed by atoms with van der Waals surface area (Å²) < 4.78 is 23.8. The molecule has 0 atom stereocenters. The molecule has 0 radical (unpaired) electrons. The lowest BCUT2D eigenvalue weighted by Gasteiger charge is -2.16. The minimum atomic E-state index is -0.399. The molecule has 2 aromatic rings. The first-order valence-corrected chi connectivity index (χ1v) is 9.31. The van der Waals surface area contributed by atoms with Crippen LogP contribution in [0, 0.1) is 18.2 Å². The van der Waals surface area contributed by atoms with Crippen molar-refractivity contribution in [2.45, 2.75) is 27.2 Å². The molecule has 6 nitrogen and oxygen atoms in total. The number of hydrogen-bond donors (Lipinski definition) is 2. The van der Waals surface area contributed by atoms with E-state index in [4.69, 9.17) is 14.9 Å². The topological polar surface area (TPSA) is 79.6 Å². The highest BCUT2D eigenvalue weighted by molar-refractivity contribution is 5.99. The molecule has 2 rings (SSSR count). The van der Waals surface area contributed by atoms with Crippen LogP contribution < -0.4 is 10.1 Å². The highest BCUT2D eigenvalue weighted by atomic mass is 19.1. The summed E-state index contributed by atoms with van der Waals surface area (Å²) in [6.07, 6.45) is 3.97. The summed E-state index contributed by atoms with van der Waals surface area (Å²) in [6, 6.07) is 6.64. The Bertz CT molecular complexity index is 921. The first kappa shape index (κ1) is 22.1. The summed E-state index contributed by atoms with van der Waals surface area (Å²) in [5.74, 6) is 1.02. The van der Waals surface area contributed by atoms with Gasteiger partial charge in [-0.3, -0.25) is 10.4 Å². The summed E-state index contributed by atoms with van der Waals surface area (Å²) in [5.41, 5.74) is 3.64. The van der Waals surface area contributed by atoms with Crippen molar-refractivity contribution >= 4 is 11.7 Å². The average Bonchev–Trinajstić information content (AvgIpc) is 2.72. The summed E-state index contributed by atoms with van der Waals surface area (Å²) in [6.45, 7) is 6.08. The molecule has 7 heteroatoms. The predicted molar refractivity (Wildman–Crippen MR) is 114 cm³/mol. The minimum Gasteiger partial charge on any atom is -0.496 e. The van der Waals surface area contributed by atoms with E-state index in [0.717, 1.165) is 23.2 Å². The number of pyridine rings is 1. The number of benzene rings is 1. The summed E-state index contributed by atoms with van der Waals surface area (Å²) in [4.78, 5) is 8.54. The lowest BCUT2D eigenvalue weighted by Crippen LogP contribution is -2.26. The Morgan fingerprint density at radius 1 is 1.31 bits per heavy atom. The molecular weight excluding hydrogens is 371 g/mol. The van der Waals surface area contributed by atoms with Gasteiger partial charge in [0.2, 0.25) is 0 Å². The number of amidine groups is 1. The van der Waals surface area contributed by atoms with Crippen LogP contribution in [0.1, 0.15) is 31.4 Å². The quantitative estimate of drug-likeness (QED) is 0.532. The highest BCUT2D eigenvalue weighted by Gasteiger charge is 2.14. The molecule has 0 saturated heterocycles. The zero-order chi connectivity index (χ0) is 21.4. The van der Waals surface area contributed by atoms with E-state index in [1.165, 1.54) is 12.3 Å². The Hall–Kier alpha value is -3.22. The molecule has 0 saturated carbocycles. The van der Waals surface area contributed by atoms with E-state index in [-0.39, 0.29) is 5.84 Å². The summed E-state index contributed by atoms with van der Waals surface area (Å²) in [7, 11) is 3.15. The lowest BCUT2D eigenvalue weighted by atomic mass is 10.0. The SMILES string of the molecule is CC/C=C(CNC(=N)c1cc(-c2ccc(F)cn2)cc(OC)c1C)/N=C(/C)OC. The molecule has 0 aliphatic rings. The molecule has 0 spiro atoms. The smallest absolute Gasteiger partial charge is 0.184 e. The maximum Gasteiger partial charge on any atom is 0.184 e. The maximum absolute atomic E-state index is 13.2. The normalized spacial score (nSPS) is 11.9. The van der Waals surface area contributed by atoms with Crippen molar-refractivity contribution in [3.63, 3.8) is 0 Å². The van der Waals surface area contributed by atoms with Gasteiger partial charge in [0.05, 0.1) is 38.4 Å². The second kappa shape index (κ2) is 10.4. The zero-order valence-electron chi connectivity index (χ0n) is 17.5. The first-order chi connectivity index (χ1) is 13.9. The van der Waals surface area contributed by atoms with Crippen molar-refractivity contribution in [1.82, 2.24) is 10.3 Å². The van der Waals surface area contributed by atoms with E-state index in [0.29, 0.717) is 29.4 Å². The lowest BCUT2D eigenvalue weighted by molar-refractivity contribution is 0.399. The Morgan fingerprint density at radius 2 is 2.07 bits per heavy atom. The fourth-order valence-electron chi connectivity index (χ4n) is 2.77. The molecule has 0 unspecified atom stereocenters. The largest absolute Gasteiger partial charge is 0.496 e. The number of allylic oxidation sites excluding steroid dienone is 1. The number of hydrogen-bond acceptors (Lipinski definition) is 5. The number of aliphatic imine (C=N–C) groups is 1. The van der Waals surface area contributed by atoms with Gasteiger partial charge in [-0.2, -0.15) is 0 Å². The van der Waals surface area contributed by atoms with Crippen LogP contribution in [0.4, 0.5) is 4.39 Å². The Kier molecular flexibility index (Phi) is 7.88. The average molecular weight is 398 g/mol. The van der Waals surface area contributed by atoms with Crippen LogP contribution >= 0.6 is 0 Å². The fourth-order valence-corrected chi connectivity index (χ4v) is 2.77. The van der Waals surface area contributed by atoms with Crippen LogP contribution in [0.15, 0.2) is 47.2 Å². The number of ether oxygens (including phenoxy) is 2. The van der Waals surface area contributed by atoms with Gasteiger partial charge in [-0.1, -0.05) is 13.0 Å². The molecule has 0 amide bonds. The minimum absolute atomic E-state index is 0.233. The maximum atomic E-state index is 13.2. The third-order valence-corrected chi connectivity index (χ3v) is 4.35. The van der Waals surface area contributed by atoms with Crippen LogP contribution in [-0.4, -0.2) is 37.5 Å². The molecule has 0 aliphatic carbocycles. The van der Waals surface area contributed by atoms with Crippen LogP contribution in [0.25, 0.3) is 11.3 Å². The molecule has 1 heterocycles. The van der Waals surface area contributed by atoms with Crippen LogP contribution in [0.5, 0.6) is 5.75 Å². The molecule has 2 N–H and O–H groups in total. The van der Waals surface area contributed by atoms with E-state index in [9.17, 15) is 4.39 Å². The molecule has 0 fully saturated rings. The monoisotopic (exact) mass is 398 g/mol. The first-order valence-electron chi connectivity index (χ1n) is 9.31. The van der Waals surface area contributed by atoms with Gasteiger partial charge in [0.25, 0.3) is 0 Å². The van der Waals surface area contributed by atoms with Crippen LogP contribution in [0.3, 0.4) is 0 Å². The Balaban J connectivity index is 2.32. The number of rotatable bonds is 7. The van der Waals surface area contributed by atoms with Gasteiger partial charge >= 0.3 is 0 Å². The van der Waals surface area contributed by atoms with E-state index >= 15 is 0 Å². The van der Waals surface area contributed by atoms with Gasteiger partial charge in [0, 0.05) is 23.6 Å². The van der Waals surface area contributed by atoms with Gasteiger partial charge in [-0.05, 0) is 37.6 Å². The number of nitrogens with zero attached hydrogens (tertiary/aromatic N) is 2. The summed E-state index contributed by atoms with van der Waals surface area (Å²) >= 11 is 0. The van der Waals surface area contributed by atoms with Crippen molar-refractivity contribution in [2.75, 3.05) is 20.8 Å². The molecule has 29 heavy (non-hydrogen) atoms. The van der Waals surface area contributed by atoms with Crippen LogP contribution in [0.2, 0.25) is 0 Å². The van der Waals surface area contributed by atoms with E-state index in [2.05, 4.69) is 15.3 Å². The van der Waals surface area contributed by atoms with Crippen molar-refractivity contribution in [3.8, 4) is 17.0 Å². The van der Waals surface area contributed by atoms with Gasteiger partial charge in [0.15, 0.2) is 5.90 Å². The third kappa shape index (κ3) is 5.88. The van der Waals surface area contributed by atoms with Crippen molar-refractivity contribution in [1.29, 1.82) is 5.41 Å². The fraction of sp³-hybridized carbons (Fsp3) is 0.318. The molecular formula is C22H27FN4O2. The van der Waals surface area contributed by atoms with Gasteiger partial charge in [-0.25, -0.2) is 9.38 Å². The molecule has 1 aromatic carbocycles. The third-order valence-electron chi connectivity index (χ3n) is 4.35. The van der Waals surface area contributed by atoms with E-state index in [1.807, 2.05) is 32.1 Å². The molecule has 0 bridgehead atoms. The zero-order valence-corrected chi connectivity index (χ0v) is 17.5. The number of nitrogens with one attached hydrogen (secondary N) is 2. The summed E-state index contributed by atoms with van der Waals surface area (Å²) in [5, 5.41) is 11.6.